The van der Waals surface area contributed by atoms with Crippen molar-refractivity contribution in [2.75, 3.05) is 25.6 Å². The van der Waals surface area contributed by atoms with Crippen LogP contribution in [-0.2, 0) is 4.74 Å². The van der Waals surface area contributed by atoms with Crippen molar-refractivity contribution in [3.63, 3.8) is 0 Å². The zero-order valence-corrected chi connectivity index (χ0v) is 11.9. The molecule has 0 aliphatic carbocycles. The number of methoxy groups -OCH3 is 1. The summed E-state index contributed by atoms with van der Waals surface area (Å²) in [6.45, 7) is 3.17. The van der Waals surface area contributed by atoms with E-state index in [1.54, 1.807) is 25.3 Å². The van der Waals surface area contributed by atoms with Crippen molar-refractivity contribution in [2.45, 2.75) is 32.0 Å². The van der Waals surface area contributed by atoms with Gasteiger partial charge in [-0.3, -0.25) is 0 Å². The minimum atomic E-state index is -4.34. The molecule has 0 bridgehead atoms. The standard InChI is InChI=1S/C14H20F3NO2/c1-13(2,19-3)8-9-18-11-6-4-5-7-12(11)20-10-14(15,16)17/h4-7,18H,8-10H2,1-3H3. The third-order valence-corrected chi connectivity index (χ3v) is 2.87. The summed E-state index contributed by atoms with van der Waals surface area (Å²) >= 11 is 0. The molecule has 0 atom stereocenters. The maximum absolute atomic E-state index is 12.2. The van der Waals surface area contributed by atoms with E-state index in [9.17, 15) is 13.2 Å². The number of para-hydroxylation sites is 2. The molecule has 0 aliphatic heterocycles. The van der Waals surface area contributed by atoms with E-state index in [0.29, 0.717) is 12.2 Å². The van der Waals surface area contributed by atoms with Crippen molar-refractivity contribution in [3.05, 3.63) is 24.3 Å². The van der Waals surface area contributed by atoms with E-state index in [0.717, 1.165) is 6.42 Å². The quantitative estimate of drug-likeness (QED) is 0.827. The third kappa shape index (κ3) is 6.14. The molecule has 0 saturated heterocycles. The van der Waals surface area contributed by atoms with Gasteiger partial charge in [-0.25, -0.2) is 0 Å². The molecule has 0 unspecified atom stereocenters. The summed E-state index contributed by atoms with van der Waals surface area (Å²) in [4.78, 5) is 0. The Morgan fingerprint density at radius 1 is 1.15 bits per heavy atom. The Morgan fingerprint density at radius 3 is 2.40 bits per heavy atom. The fourth-order valence-electron chi connectivity index (χ4n) is 1.50. The largest absolute Gasteiger partial charge is 0.482 e. The molecule has 1 aromatic rings. The Hall–Kier alpha value is -1.43. The van der Waals surface area contributed by atoms with Gasteiger partial charge in [0.05, 0.1) is 11.3 Å². The van der Waals surface area contributed by atoms with Crippen LogP contribution in [0.3, 0.4) is 0 Å². The Kier molecular flexibility index (Phi) is 5.68. The molecule has 0 amide bonds. The second-order valence-electron chi connectivity index (χ2n) is 5.04. The first-order valence-electron chi connectivity index (χ1n) is 6.31. The lowest BCUT2D eigenvalue weighted by Crippen LogP contribution is -2.26. The van der Waals surface area contributed by atoms with Crippen molar-refractivity contribution < 1.29 is 22.6 Å². The van der Waals surface area contributed by atoms with Gasteiger partial charge in [-0.2, -0.15) is 13.2 Å². The maximum Gasteiger partial charge on any atom is 0.422 e. The van der Waals surface area contributed by atoms with Gasteiger partial charge in [-0.15, -0.1) is 0 Å². The topological polar surface area (TPSA) is 30.5 Å². The molecular formula is C14H20F3NO2. The lowest BCUT2D eigenvalue weighted by molar-refractivity contribution is -0.153. The SMILES string of the molecule is COC(C)(C)CCNc1ccccc1OCC(F)(F)F. The molecule has 0 saturated carbocycles. The number of halogens is 3. The number of ether oxygens (including phenoxy) is 2. The fourth-order valence-corrected chi connectivity index (χ4v) is 1.50. The van der Waals surface area contributed by atoms with Crippen LogP contribution in [-0.4, -0.2) is 32.0 Å². The highest BCUT2D eigenvalue weighted by Crippen LogP contribution is 2.26. The van der Waals surface area contributed by atoms with Crippen molar-refractivity contribution in [2.24, 2.45) is 0 Å². The Bertz CT molecular complexity index is 419. The number of benzene rings is 1. The normalized spacial score (nSPS) is 12.3. The first kappa shape index (κ1) is 16.6. The van der Waals surface area contributed by atoms with Gasteiger partial charge in [0.15, 0.2) is 6.61 Å². The minimum Gasteiger partial charge on any atom is -0.482 e. The summed E-state index contributed by atoms with van der Waals surface area (Å²) in [7, 11) is 1.63. The summed E-state index contributed by atoms with van der Waals surface area (Å²) in [5.41, 5.74) is 0.262. The highest BCUT2D eigenvalue weighted by molar-refractivity contribution is 5.56. The molecule has 20 heavy (non-hydrogen) atoms. The number of nitrogens with one attached hydrogen (secondary N) is 1. The molecule has 1 aromatic carbocycles. The average Bonchev–Trinajstić information content (AvgIpc) is 2.36. The molecule has 0 radical (unpaired) electrons. The zero-order valence-electron chi connectivity index (χ0n) is 11.9. The monoisotopic (exact) mass is 291 g/mol. The molecule has 114 valence electrons. The van der Waals surface area contributed by atoms with Gasteiger partial charge in [0, 0.05) is 13.7 Å². The summed E-state index contributed by atoms with van der Waals surface area (Å²) in [5, 5.41) is 3.07. The van der Waals surface area contributed by atoms with Crippen LogP contribution in [0.1, 0.15) is 20.3 Å². The summed E-state index contributed by atoms with van der Waals surface area (Å²) < 4.78 is 46.6. The molecule has 0 aromatic heterocycles. The van der Waals surface area contributed by atoms with E-state index in [-0.39, 0.29) is 11.4 Å². The predicted molar refractivity (Wildman–Crippen MR) is 72.2 cm³/mol. The van der Waals surface area contributed by atoms with Gasteiger partial charge < -0.3 is 14.8 Å². The van der Waals surface area contributed by atoms with Gasteiger partial charge in [0.1, 0.15) is 5.75 Å². The number of alkyl halides is 3. The molecule has 0 fully saturated rings. The van der Waals surface area contributed by atoms with Crippen LogP contribution in [0.15, 0.2) is 24.3 Å². The summed E-state index contributed by atoms with van der Waals surface area (Å²) in [5.74, 6) is 0.194. The highest BCUT2D eigenvalue weighted by Gasteiger charge is 2.28. The Morgan fingerprint density at radius 2 is 1.80 bits per heavy atom. The van der Waals surface area contributed by atoms with Crippen LogP contribution in [0.5, 0.6) is 5.75 Å². The Balaban J connectivity index is 2.57. The summed E-state index contributed by atoms with van der Waals surface area (Å²) in [6, 6.07) is 6.57. The average molecular weight is 291 g/mol. The van der Waals surface area contributed by atoms with Crippen LogP contribution in [0.2, 0.25) is 0 Å². The van der Waals surface area contributed by atoms with Gasteiger partial charge in [0.25, 0.3) is 0 Å². The first-order valence-corrected chi connectivity index (χ1v) is 6.31. The molecule has 6 heteroatoms. The van der Waals surface area contributed by atoms with Crippen LogP contribution in [0.25, 0.3) is 0 Å². The highest BCUT2D eigenvalue weighted by atomic mass is 19.4. The van der Waals surface area contributed by atoms with Crippen molar-refractivity contribution in [3.8, 4) is 5.75 Å². The van der Waals surface area contributed by atoms with Crippen molar-refractivity contribution in [1.29, 1.82) is 0 Å². The van der Waals surface area contributed by atoms with Crippen molar-refractivity contribution >= 4 is 5.69 Å². The lowest BCUT2D eigenvalue weighted by atomic mass is 10.1. The zero-order chi connectivity index (χ0) is 15.2. The molecule has 0 heterocycles. The number of hydrogen-bond acceptors (Lipinski definition) is 3. The molecule has 1 N–H and O–H groups in total. The van der Waals surface area contributed by atoms with E-state index < -0.39 is 12.8 Å². The number of rotatable bonds is 7. The molecule has 0 aliphatic rings. The van der Waals surface area contributed by atoms with Gasteiger partial charge in [-0.05, 0) is 32.4 Å². The molecule has 0 spiro atoms. The van der Waals surface area contributed by atoms with E-state index >= 15 is 0 Å². The van der Waals surface area contributed by atoms with E-state index in [4.69, 9.17) is 9.47 Å². The van der Waals surface area contributed by atoms with E-state index in [2.05, 4.69) is 5.32 Å². The minimum absolute atomic E-state index is 0.194. The van der Waals surface area contributed by atoms with E-state index in [1.165, 1.54) is 6.07 Å². The maximum atomic E-state index is 12.2. The van der Waals surface area contributed by atoms with E-state index in [1.807, 2.05) is 13.8 Å². The number of anilines is 1. The lowest BCUT2D eigenvalue weighted by Gasteiger charge is -2.23. The van der Waals surface area contributed by atoms with Crippen LogP contribution < -0.4 is 10.1 Å². The van der Waals surface area contributed by atoms with Gasteiger partial charge in [-0.1, -0.05) is 12.1 Å². The number of hydrogen-bond donors (Lipinski definition) is 1. The Labute approximate surface area is 117 Å². The fraction of sp³-hybridized carbons (Fsp3) is 0.571. The summed E-state index contributed by atoms with van der Waals surface area (Å²) in [6.07, 6.45) is -3.62. The van der Waals surface area contributed by atoms with Crippen LogP contribution in [0.4, 0.5) is 18.9 Å². The first-order chi connectivity index (χ1) is 9.23. The smallest absolute Gasteiger partial charge is 0.422 e. The van der Waals surface area contributed by atoms with Crippen LogP contribution >= 0.6 is 0 Å². The second-order valence-corrected chi connectivity index (χ2v) is 5.04. The van der Waals surface area contributed by atoms with Crippen molar-refractivity contribution in [1.82, 2.24) is 0 Å². The van der Waals surface area contributed by atoms with Crippen LogP contribution in [0, 0.1) is 0 Å². The molecule has 3 nitrogen and oxygen atoms in total. The second kappa shape index (κ2) is 6.83. The predicted octanol–water partition coefficient (Wildman–Crippen LogP) is 3.85. The third-order valence-electron chi connectivity index (χ3n) is 2.87. The molecular weight excluding hydrogens is 271 g/mol. The molecule has 1 rings (SSSR count). The van der Waals surface area contributed by atoms with Gasteiger partial charge >= 0.3 is 6.18 Å². The van der Waals surface area contributed by atoms with Gasteiger partial charge in [0.2, 0.25) is 0 Å².